The zero-order valence-corrected chi connectivity index (χ0v) is 23.5. The minimum Gasteiger partial charge on any atom is -0.494 e. The summed E-state index contributed by atoms with van der Waals surface area (Å²) in [5.74, 6) is 0.505. The van der Waals surface area contributed by atoms with E-state index in [0.717, 1.165) is 42.6 Å². The van der Waals surface area contributed by atoms with Crippen molar-refractivity contribution in [1.29, 1.82) is 0 Å². The van der Waals surface area contributed by atoms with Gasteiger partial charge in [-0.1, -0.05) is 89.5 Å². The minimum atomic E-state index is -0.419. The second-order valence-corrected chi connectivity index (χ2v) is 9.83. The second-order valence-electron chi connectivity index (χ2n) is 9.83. The van der Waals surface area contributed by atoms with Gasteiger partial charge in [0.2, 0.25) is 0 Å². The number of ether oxygens (including phenoxy) is 3. The normalized spacial score (nSPS) is 10.7. The molecule has 3 rings (SSSR count). The van der Waals surface area contributed by atoms with Crippen LogP contribution in [0.4, 0.5) is 0 Å². The van der Waals surface area contributed by atoms with Crippen LogP contribution >= 0.6 is 0 Å². The predicted molar refractivity (Wildman–Crippen MR) is 157 cm³/mol. The van der Waals surface area contributed by atoms with Crippen molar-refractivity contribution in [2.45, 2.75) is 78.1 Å². The Hall–Kier alpha value is -3.60. The van der Waals surface area contributed by atoms with Crippen molar-refractivity contribution in [3.63, 3.8) is 0 Å². The summed E-state index contributed by atoms with van der Waals surface area (Å²) in [7, 11) is 0. The van der Waals surface area contributed by atoms with Gasteiger partial charge in [0, 0.05) is 0 Å². The fourth-order valence-electron chi connectivity index (χ4n) is 4.19. The average molecular weight is 531 g/mol. The van der Waals surface area contributed by atoms with E-state index in [1.807, 2.05) is 24.3 Å². The van der Waals surface area contributed by atoms with Crippen molar-refractivity contribution in [3.05, 3.63) is 83.9 Å². The van der Waals surface area contributed by atoms with E-state index in [9.17, 15) is 9.59 Å². The first-order valence-electron chi connectivity index (χ1n) is 14.4. The van der Waals surface area contributed by atoms with Gasteiger partial charge in [-0.3, -0.25) is 0 Å². The third-order valence-corrected chi connectivity index (χ3v) is 6.61. The van der Waals surface area contributed by atoms with Crippen molar-refractivity contribution in [3.8, 4) is 22.6 Å². The number of hydrogen-bond donors (Lipinski definition) is 0. The smallest absolute Gasteiger partial charge is 0.343 e. The number of hydrogen-bond acceptors (Lipinski definition) is 5. The molecular weight excluding hydrogens is 488 g/mol. The van der Waals surface area contributed by atoms with Crippen molar-refractivity contribution < 1.29 is 23.8 Å². The van der Waals surface area contributed by atoms with Crippen molar-refractivity contribution >= 4 is 11.9 Å². The van der Waals surface area contributed by atoms with Gasteiger partial charge >= 0.3 is 11.9 Å². The summed E-state index contributed by atoms with van der Waals surface area (Å²) < 4.78 is 16.6. The standard InChI is InChI=1S/C34H42O5/c1-3-5-7-8-9-10-11-12-26-38-33(35)29-15-13-27(14-16-29)28-17-23-32(24-18-28)39-34(36)30-19-21-31(22-20-30)37-25-6-4-2/h13-24H,3-12,25-26H2,1-2H3. The summed E-state index contributed by atoms with van der Waals surface area (Å²) in [6, 6.07) is 21.7. The summed E-state index contributed by atoms with van der Waals surface area (Å²) >= 11 is 0. The fourth-order valence-corrected chi connectivity index (χ4v) is 4.19. The third kappa shape index (κ3) is 10.6. The van der Waals surface area contributed by atoms with Crippen LogP contribution < -0.4 is 9.47 Å². The quantitative estimate of drug-likeness (QED) is 0.0989. The topological polar surface area (TPSA) is 61.8 Å². The molecule has 3 aromatic rings. The molecule has 0 heterocycles. The molecule has 0 aliphatic heterocycles. The Labute approximate surface area is 233 Å². The van der Waals surface area contributed by atoms with Gasteiger partial charge in [0.1, 0.15) is 11.5 Å². The molecule has 0 unspecified atom stereocenters. The van der Waals surface area contributed by atoms with E-state index in [1.165, 1.54) is 38.5 Å². The highest BCUT2D eigenvalue weighted by molar-refractivity contribution is 5.91. The van der Waals surface area contributed by atoms with Crippen LogP contribution in [-0.4, -0.2) is 25.2 Å². The largest absolute Gasteiger partial charge is 0.494 e. The first-order chi connectivity index (χ1) is 19.1. The van der Waals surface area contributed by atoms with E-state index in [0.29, 0.717) is 30.1 Å². The second kappa shape index (κ2) is 17.1. The molecule has 3 aromatic carbocycles. The summed E-state index contributed by atoms with van der Waals surface area (Å²) in [5, 5.41) is 0. The Bertz CT molecular complexity index is 1120. The van der Waals surface area contributed by atoms with E-state index in [2.05, 4.69) is 13.8 Å². The van der Waals surface area contributed by atoms with Crippen LogP contribution in [0.5, 0.6) is 11.5 Å². The maximum absolute atomic E-state index is 12.5. The molecule has 0 saturated heterocycles. The number of esters is 2. The van der Waals surface area contributed by atoms with Crippen LogP contribution in [0.25, 0.3) is 11.1 Å². The van der Waals surface area contributed by atoms with E-state index in [1.54, 1.807) is 48.5 Å². The van der Waals surface area contributed by atoms with E-state index < -0.39 is 5.97 Å². The molecule has 0 fully saturated rings. The lowest BCUT2D eigenvalue weighted by molar-refractivity contribution is 0.0497. The van der Waals surface area contributed by atoms with Crippen molar-refractivity contribution in [2.24, 2.45) is 0 Å². The molecule has 0 bridgehead atoms. The van der Waals surface area contributed by atoms with Crippen LogP contribution in [0.1, 0.15) is 98.8 Å². The molecule has 0 aliphatic carbocycles. The molecule has 0 radical (unpaired) electrons. The Balaban J connectivity index is 1.42. The highest BCUT2D eigenvalue weighted by Gasteiger charge is 2.10. The molecule has 0 aliphatic rings. The number of unbranched alkanes of at least 4 members (excludes halogenated alkanes) is 8. The van der Waals surface area contributed by atoms with E-state index >= 15 is 0 Å². The Morgan fingerprint density at radius 2 is 1.00 bits per heavy atom. The predicted octanol–water partition coefficient (Wildman–Crippen LogP) is 9.05. The maximum Gasteiger partial charge on any atom is 0.343 e. The summed E-state index contributed by atoms with van der Waals surface area (Å²) in [6.45, 7) is 5.47. The molecule has 39 heavy (non-hydrogen) atoms. The van der Waals surface area contributed by atoms with Crippen LogP contribution in [0.2, 0.25) is 0 Å². The van der Waals surface area contributed by atoms with Crippen LogP contribution in [0, 0.1) is 0 Å². The van der Waals surface area contributed by atoms with Crippen molar-refractivity contribution in [1.82, 2.24) is 0 Å². The molecule has 0 amide bonds. The third-order valence-electron chi connectivity index (χ3n) is 6.61. The first-order valence-corrected chi connectivity index (χ1v) is 14.4. The van der Waals surface area contributed by atoms with Crippen molar-refractivity contribution in [2.75, 3.05) is 13.2 Å². The molecule has 0 aromatic heterocycles. The lowest BCUT2D eigenvalue weighted by Crippen LogP contribution is -2.08. The summed E-state index contributed by atoms with van der Waals surface area (Å²) in [5.41, 5.74) is 2.94. The van der Waals surface area contributed by atoms with Gasteiger partial charge in [-0.05, 0) is 72.5 Å². The number of carbonyl (C=O) groups excluding carboxylic acids is 2. The number of benzene rings is 3. The molecule has 208 valence electrons. The molecule has 0 N–H and O–H groups in total. The van der Waals surface area contributed by atoms with Gasteiger partial charge in [0.15, 0.2) is 0 Å². The van der Waals surface area contributed by atoms with Gasteiger partial charge in [-0.2, -0.15) is 0 Å². The van der Waals surface area contributed by atoms with E-state index in [4.69, 9.17) is 14.2 Å². The van der Waals surface area contributed by atoms with Gasteiger partial charge in [0.25, 0.3) is 0 Å². The summed E-state index contributed by atoms with van der Waals surface area (Å²) in [6.07, 6.45) is 11.8. The lowest BCUT2D eigenvalue weighted by atomic mass is 10.0. The van der Waals surface area contributed by atoms with Gasteiger partial charge < -0.3 is 14.2 Å². The lowest BCUT2D eigenvalue weighted by Gasteiger charge is -2.08. The van der Waals surface area contributed by atoms with Gasteiger partial charge in [0.05, 0.1) is 24.3 Å². The maximum atomic E-state index is 12.5. The number of carbonyl (C=O) groups is 2. The first kappa shape index (κ1) is 29.9. The SMILES string of the molecule is CCCCCCCCCCOC(=O)c1ccc(-c2ccc(OC(=O)c3ccc(OCCCC)cc3)cc2)cc1. The monoisotopic (exact) mass is 530 g/mol. The van der Waals surface area contributed by atoms with Crippen LogP contribution in [0.3, 0.4) is 0 Å². The zero-order valence-electron chi connectivity index (χ0n) is 23.5. The average Bonchev–Trinajstić information content (AvgIpc) is 2.97. The Morgan fingerprint density at radius 3 is 1.62 bits per heavy atom. The van der Waals surface area contributed by atoms with Gasteiger partial charge in [-0.25, -0.2) is 9.59 Å². The molecule has 0 atom stereocenters. The molecular formula is C34H42O5. The summed E-state index contributed by atoms with van der Waals surface area (Å²) in [4.78, 5) is 24.9. The Kier molecular flexibility index (Phi) is 13.1. The minimum absolute atomic E-state index is 0.285. The van der Waals surface area contributed by atoms with Crippen LogP contribution in [-0.2, 0) is 4.74 Å². The zero-order chi connectivity index (χ0) is 27.7. The molecule has 0 saturated carbocycles. The van der Waals surface area contributed by atoms with Crippen LogP contribution in [0.15, 0.2) is 72.8 Å². The van der Waals surface area contributed by atoms with Gasteiger partial charge in [-0.15, -0.1) is 0 Å². The Morgan fingerprint density at radius 1 is 0.513 bits per heavy atom. The molecule has 0 spiro atoms. The highest BCUT2D eigenvalue weighted by atomic mass is 16.5. The molecule has 5 heteroatoms. The number of rotatable bonds is 17. The highest BCUT2D eigenvalue weighted by Crippen LogP contribution is 2.24. The van der Waals surface area contributed by atoms with E-state index in [-0.39, 0.29) is 5.97 Å². The molecule has 5 nitrogen and oxygen atoms in total. The fraction of sp³-hybridized carbons (Fsp3) is 0.412.